The lowest BCUT2D eigenvalue weighted by molar-refractivity contribution is 0.0551. The van der Waals surface area contributed by atoms with Crippen molar-refractivity contribution < 1.29 is 19.1 Å². The molecule has 0 fully saturated rings. The highest BCUT2D eigenvalue weighted by molar-refractivity contribution is 5.89. The molecule has 10 heteroatoms. The van der Waals surface area contributed by atoms with E-state index in [-0.39, 0.29) is 13.1 Å². The van der Waals surface area contributed by atoms with Gasteiger partial charge in [-0.3, -0.25) is 9.80 Å². The minimum absolute atomic E-state index is 0.0427. The highest BCUT2D eigenvalue weighted by Crippen LogP contribution is 2.21. The van der Waals surface area contributed by atoms with Crippen LogP contribution in [0, 0.1) is 0 Å². The number of pyridine rings is 2. The van der Waals surface area contributed by atoms with Gasteiger partial charge < -0.3 is 20.9 Å². The summed E-state index contributed by atoms with van der Waals surface area (Å²) < 4.78 is 11.1. The number of ether oxygens (including phenoxy) is 2. The summed E-state index contributed by atoms with van der Waals surface area (Å²) in [7, 11) is 0. The highest BCUT2D eigenvalue weighted by Gasteiger charge is 2.28. The molecule has 2 rings (SSSR count). The number of nitrogen functional groups attached to an aromatic ring is 2. The molecule has 0 aromatic carbocycles. The van der Waals surface area contributed by atoms with Gasteiger partial charge in [-0.1, -0.05) is 0 Å². The summed E-state index contributed by atoms with van der Waals surface area (Å²) in [5.41, 5.74) is 11.2. The molecule has 0 aliphatic carbocycles. The fraction of sp³-hybridized carbons (Fsp3) is 0.455. The summed E-state index contributed by atoms with van der Waals surface area (Å²) in [6.07, 6.45) is 1.74. The third-order valence-corrected chi connectivity index (χ3v) is 3.87. The predicted octanol–water partition coefficient (Wildman–Crippen LogP) is 3.82. The molecular formula is C22H32N6O4. The fourth-order valence-electron chi connectivity index (χ4n) is 2.60. The highest BCUT2D eigenvalue weighted by atomic mass is 16.6. The molecule has 0 atom stereocenters. The van der Waals surface area contributed by atoms with Crippen LogP contribution in [-0.2, 0) is 9.47 Å². The summed E-state index contributed by atoms with van der Waals surface area (Å²) in [6, 6.07) is 6.34. The first-order chi connectivity index (χ1) is 14.7. The predicted molar refractivity (Wildman–Crippen MR) is 124 cm³/mol. The monoisotopic (exact) mass is 444 g/mol. The van der Waals surface area contributed by atoms with Gasteiger partial charge in [0.25, 0.3) is 0 Å². The summed E-state index contributed by atoms with van der Waals surface area (Å²) >= 11 is 0. The number of amides is 2. The SMILES string of the molecule is CC(C)(C)OC(=O)N(CCN(C(=O)OC(C)(C)C)c1cc(N)ccn1)c1cc(N)ccn1. The minimum Gasteiger partial charge on any atom is -0.443 e. The molecular weight excluding hydrogens is 412 g/mol. The Bertz CT molecular complexity index is 874. The maximum absolute atomic E-state index is 12.9. The molecule has 0 bridgehead atoms. The maximum Gasteiger partial charge on any atom is 0.416 e. The van der Waals surface area contributed by atoms with E-state index in [9.17, 15) is 9.59 Å². The number of nitrogens with two attached hydrogens (primary N) is 2. The van der Waals surface area contributed by atoms with E-state index in [1.807, 2.05) is 0 Å². The van der Waals surface area contributed by atoms with Gasteiger partial charge >= 0.3 is 12.2 Å². The Hall–Kier alpha value is -3.56. The van der Waals surface area contributed by atoms with Gasteiger partial charge in [0, 0.05) is 49.0 Å². The van der Waals surface area contributed by atoms with Crippen molar-refractivity contribution in [2.45, 2.75) is 52.7 Å². The van der Waals surface area contributed by atoms with Gasteiger partial charge in [-0.15, -0.1) is 0 Å². The van der Waals surface area contributed by atoms with Crippen LogP contribution < -0.4 is 21.3 Å². The van der Waals surface area contributed by atoms with Crippen LogP contribution in [0.2, 0.25) is 0 Å². The lowest BCUT2D eigenvalue weighted by atomic mass is 10.2. The standard InChI is InChI=1S/C22H32N6O4/c1-21(2,3)31-19(29)27(17-13-15(23)7-9-25-17)11-12-28(20(30)32-22(4,5)6)18-14-16(24)8-10-26-18/h7-10,13-14H,11-12H2,1-6H3,(H2,23,25)(H2,24,26). The van der Waals surface area contributed by atoms with Crippen molar-refractivity contribution in [3.63, 3.8) is 0 Å². The molecule has 0 spiro atoms. The number of carbonyl (C=O) groups excluding carboxylic acids is 2. The zero-order valence-corrected chi connectivity index (χ0v) is 19.5. The maximum atomic E-state index is 12.9. The molecule has 0 saturated heterocycles. The Kier molecular flexibility index (Phi) is 7.50. The average Bonchev–Trinajstić information content (AvgIpc) is 2.62. The van der Waals surface area contributed by atoms with E-state index in [1.54, 1.807) is 65.8 Å². The van der Waals surface area contributed by atoms with Crippen molar-refractivity contribution in [3.05, 3.63) is 36.7 Å². The van der Waals surface area contributed by atoms with Crippen LogP contribution in [0.3, 0.4) is 0 Å². The summed E-state index contributed by atoms with van der Waals surface area (Å²) in [4.78, 5) is 36.9. The first-order valence-electron chi connectivity index (χ1n) is 10.2. The normalized spacial score (nSPS) is 11.6. The number of rotatable bonds is 5. The molecule has 0 unspecified atom stereocenters. The quantitative estimate of drug-likeness (QED) is 0.710. The summed E-state index contributed by atoms with van der Waals surface area (Å²) in [5.74, 6) is 0.591. The van der Waals surface area contributed by atoms with Crippen molar-refractivity contribution >= 4 is 35.2 Å². The zero-order valence-electron chi connectivity index (χ0n) is 19.5. The number of carbonyl (C=O) groups is 2. The van der Waals surface area contributed by atoms with Crippen LogP contribution in [-0.4, -0.2) is 46.4 Å². The first kappa shape index (κ1) is 24.7. The van der Waals surface area contributed by atoms with Gasteiger partial charge in [-0.2, -0.15) is 0 Å². The van der Waals surface area contributed by atoms with E-state index < -0.39 is 23.4 Å². The third kappa shape index (κ3) is 7.60. The first-order valence-corrected chi connectivity index (χ1v) is 10.2. The largest absolute Gasteiger partial charge is 0.443 e. The number of aromatic nitrogens is 2. The van der Waals surface area contributed by atoms with Crippen molar-refractivity contribution in [3.8, 4) is 0 Å². The molecule has 2 aromatic rings. The van der Waals surface area contributed by atoms with Crippen molar-refractivity contribution in [2.24, 2.45) is 0 Å². The molecule has 0 saturated carbocycles. The van der Waals surface area contributed by atoms with Crippen LogP contribution in [0.1, 0.15) is 41.5 Å². The van der Waals surface area contributed by atoms with Crippen LogP contribution in [0.15, 0.2) is 36.7 Å². The Morgan fingerprint density at radius 3 is 1.41 bits per heavy atom. The Labute approximate surface area is 188 Å². The second-order valence-corrected chi connectivity index (χ2v) is 9.16. The second-order valence-electron chi connectivity index (χ2n) is 9.16. The van der Waals surface area contributed by atoms with Crippen molar-refractivity contribution in [1.29, 1.82) is 0 Å². The molecule has 0 aliphatic rings. The Balaban J connectivity index is 2.35. The van der Waals surface area contributed by atoms with Gasteiger partial charge in [-0.25, -0.2) is 19.6 Å². The van der Waals surface area contributed by atoms with Gasteiger partial charge in [0.1, 0.15) is 22.8 Å². The molecule has 0 aliphatic heterocycles. The molecule has 4 N–H and O–H groups in total. The van der Waals surface area contributed by atoms with Gasteiger partial charge in [-0.05, 0) is 53.7 Å². The number of anilines is 4. The Morgan fingerprint density at radius 2 is 1.12 bits per heavy atom. The van der Waals surface area contributed by atoms with Gasteiger partial charge in [0.2, 0.25) is 0 Å². The van der Waals surface area contributed by atoms with Crippen LogP contribution >= 0.6 is 0 Å². The number of nitrogens with zero attached hydrogens (tertiary/aromatic N) is 4. The van der Waals surface area contributed by atoms with E-state index in [0.717, 1.165) is 0 Å². The number of hydrogen-bond donors (Lipinski definition) is 2. The molecule has 174 valence electrons. The van der Waals surface area contributed by atoms with E-state index in [4.69, 9.17) is 20.9 Å². The number of hydrogen-bond acceptors (Lipinski definition) is 8. The summed E-state index contributed by atoms with van der Waals surface area (Å²) in [6.45, 7) is 10.7. The molecule has 10 nitrogen and oxygen atoms in total. The van der Waals surface area contributed by atoms with Crippen LogP contribution in [0.25, 0.3) is 0 Å². The average molecular weight is 445 g/mol. The van der Waals surface area contributed by atoms with E-state index >= 15 is 0 Å². The molecule has 0 radical (unpaired) electrons. The topological polar surface area (TPSA) is 137 Å². The lowest BCUT2D eigenvalue weighted by Gasteiger charge is -2.30. The second kappa shape index (κ2) is 9.71. The van der Waals surface area contributed by atoms with Crippen LogP contribution in [0.4, 0.5) is 32.6 Å². The van der Waals surface area contributed by atoms with Gasteiger partial charge in [0.05, 0.1) is 0 Å². The molecule has 2 aromatic heterocycles. The van der Waals surface area contributed by atoms with E-state index in [0.29, 0.717) is 23.0 Å². The smallest absolute Gasteiger partial charge is 0.416 e. The van der Waals surface area contributed by atoms with Crippen molar-refractivity contribution in [1.82, 2.24) is 9.97 Å². The zero-order chi connectivity index (χ0) is 24.1. The van der Waals surface area contributed by atoms with Gasteiger partial charge in [0.15, 0.2) is 0 Å². The van der Waals surface area contributed by atoms with E-state index in [2.05, 4.69) is 9.97 Å². The molecule has 2 heterocycles. The van der Waals surface area contributed by atoms with Crippen LogP contribution in [0.5, 0.6) is 0 Å². The fourth-order valence-corrected chi connectivity index (χ4v) is 2.60. The van der Waals surface area contributed by atoms with E-state index in [1.165, 1.54) is 22.2 Å². The Morgan fingerprint density at radius 1 is 0.781 bits per heavy atom. The lowest BCUT2D eigenvalue weighted by Crippen LogP contribution is -2.45. The minimum atomic E-state index is -0.726. The van der Waals surface area contributed by atoms with Crippen molar-refractivity contribution in [2.75, 3.05) is 34.4 Å². The third-order valence-electron chi connectivity index (χ3n) is 3.87. The summed E-state index contributed by atoms with van der Waals surface area (Å²) in [5, 5.41) is 0. The molecule has 2 amide bonds. The molecule has 32 heavy (non-hydrogen) atoms.